The van der Waals surface area contributed by atoms with E-state index in [0.29, 0.717) is 26.8 Å². The quantitative estimate of drug-likeness (QED) is 0.798. The number of rotatable bonds is 2. The van der Waals surface area contributed by atoms with E-state index in [2.05, 4.69) is 26.6 Å². The first-order chi connectivity index (χ1) is 8.59. The van der Waals surface area contributed by atoms with Crippen LogP contribution in [0.2, 0.25) is 10.0 Å². The molecule has 1 aliphatic heterocycles. The van der Waals surface area contributed by atoms with E-state index >= 15 is 0 Å². The summed E-state index contributed by atoms with van der Waals surface area (Å²) < 4.78 is 0.714. The molecular formula is C12H13BrCl2N2O. The third kappa shape index (κ3) is 3.18. The van der Waals surface area contributed by atoms with Gasteiger partial charge in [-0.2, -0.15) is 0 Å². The Hall–Kier alpha value is -0.290. The van der Waals surface area contributed by atoms with Crippen LogP contribution < -0.4 is 10.6 Å². The molecule has 6 heteroatoms. The molecule has 1 aliphatic rings. The van der Waals surface area contributed by atoms with Gasteiger partial charge in [0.1, 0.15) is 0 Å². The minimum atomic E-state index is -0.0116. The van der Waals surface area contributed by atoms with Crippen LogP contribution in [-0.2, 0) is 4.79 Å². The van der Waals surface area contributed by atoms with Gasteiger partial charge >= 0.3 is 0 Å². The molecule has 1 amide bonds. The average Bonchev–Trinajstić information content (AvgIpc) is 2.40. The molecule has 18 heavy (non-hydrogen) atoms. The Balaban J connectivity index is 2.09. The molecule has 1 heterocycles. The summed E-state index contributed by atoms with van der Waals surface area (Å²) in [6, 6.07) is 3.51. The second-order valence-electron chi connectivity index (χ2n) is 4.26. The summed E-state index contributed by atoms with van der Waals surface area (Å²) in [6.07, 6.45) is 1.92. The zero-order chi connectivity index (χ0) is 13.1. The first-order valence-electron chi connectivity index (χ1n) is 5.74. The molecule has 98 valence electrons. The minimum Gasteiger partial charge on any atom is -0.324 e. The lowest BCUT2D eigenvalue weighted by Gasteiger charge is -2.22. The van der Waals surface area contributed by atoms with Crippen LogP contribution in [0, 0.1) is 5.92 Å². The van der Waals surface area contributed by atoms with Gasteiger partial charge in [-0.3, -0.25) is 4.79 Å². The summed E-state index contributed by atoms with van der Waals surface area (Å²) in [5.74, 6) is -0.0141. The summed E-state index contributed by atoms with van der Waals surface area (Å²) in [5, 5.41) is 6.82. The van der Waals surface area contributed by atoms with Gasteiger partial charge in [-0.05, 0) is 47.4 Å². The van der Waals surface area contributed by atoms with Crippen LogP contribution in [0.5, 0.6) is 0 Å². The van der Waals surface area contributed by atoms with Crippen molar-refractivity contribution in [2.45, 2.75) is 12.8 Å². The third-order valence-electron chi connectivity index (χ3n) is 2.96. The van der Waals surface area contributed by atoms with Crippen LogP contribution in [0.3, 0.4) is 0 Å². The van der Waals surface area contributed by atoms with Gasteiger partial charge in [0.15, 0.2) is 0 Å². The molecule has 3 nitrogen and oxygen atoms in total. The van der Waals surface area contributed by atoms with E-state index in [4.69, 9.17) is 23.2 Å². The Morgan fingerprint density at radius 3 is 2.83 bits per heavy atom. The second-order valence-corrected chi connectivity index (χ2v) is 5.87. The lowest BCUT2D eigenvalue weighted by atomic mass is 9.99. The fourth-order valence-electron chi connectivity index (χ4n) is 1.93. The SMILES string of the molecule is O=C(Nc1ccc(Br)c(Cl)c1Cl)[C@@H]1CCCNC1. The normalized spacial score (nSPS) is 19.6. The highest BCUT2D eigenvalue weighted by atomic mass is 79.9. The van der Waals surface area contributed by atoms with Crippen molar-refractivity contribution in [3.8, 4) is 0 Å². The van der Waals surface area contributed by atoms with Crippen LogP contribution in [0.15, 0.2) is 16.6 Å². The lowest BCUT2D eigenvalue weighted by molar-refractivity contribution is -0.120. The molecule has 2 rings (SSSR count). The van der Waals surface area contributed by atoms with E-state index < -0.39 is 0 Å². The lowest BCUT2D eigenvalue weighted by Crippen LogP contribution is -2.37. The minimum absolute atomic E-state index is 0.00256. The highest BCUT2D eigenvalue weighted by Crippen LogP contribution is 2.36. The van der Waals surface area contributed by atoms with E-state index in [1.807, 2.05) is 0 Å². The van der Waals surface area contributed by atoms with Crippen LogP contribution in [0.4, 0.5) is 5.69 Å². The molecule has 2 N–H and O–H groups in total. The van der Waals surface area contributed by atoms with E-state index in [1.165, 1.54) is 0 Å². The predicted molar refractivity (Wildman–Crippen MR) is 78.4 cm³/mol. The summed E-state index contributed by atoms with van der Waals surface area (Å²) in [5.41, 5.74) is 0.556. The number of benzene rings is 1. The van der Waals surface area contributed by atoms with E-state index in [0.717, 1.165) is 19.4 Å². The number of halogens is 3. The summed E-state index contributed by atoms with van der Waals surface area (Å²) in [4.78, 5) is 12.1. The Morgan fingerprint density at radius 2 is 2.17 bits per heavy atom. The van der Waals surface area contributed by atoms with Gasteiger partial charge in [-0.1, -0.05) is 23.2 Å². The molecule has 1 aromatic carbocycles. The average molecular weight is 352 g/mol. The van der Waals surface area contributed by atoms with Crippen LogP contribution in [0.25, 0.3) is 0 Å². The van der Waals surface area contributed by atoms with Crippen LogP contribution in [-0.4, -0.2) is 19.0 Å². The number of amides is 1. The van der Waals surface area contributed by atoms with Crippen molar-refractivity contribution in [1.29, 1.82) is 0 Å². The maximum atomic E-state index is 12.1. The smallest absolute Gasteiger partial charge is 0.228 e. The monoisotopic (exact) mass is 350 g/mol. The Morgan fingerprint density at radius 1 is 1.39 bits per heavy atom. The fraction of sp³-hybridized carbons (Fsp3) is 0.417. The molecule has 0 bridgehead atoms. The third-order valence-corrected chi connectivity index (χ3v) is 4.73. The number of carbonyl (C=O) groups is 1. The van der Waals surface area contributed by atoms with Gasteiger partial charge in [0.25, 0.3) is 0 Å². The van der Waals surface area contributed by atoms with Gasteiger partial charge in [-0.15, -0.1) is 0 Å². The number of hydrogen-bond acceptors (Lipinski definition) is 2. The van der Waals surface area contributed by atoms with Gasteiger partial charge in [0, 0.05) is 11.0 Å². The molecule has 1 atom stereocenters. The standard InChI is InChI=1S/C12H13BrCl2N2O/c13-8-3-4-9(11(15)10(8)14)17-12(18)7-2-1-5-16-6-7/h3-4,7,16H,1-2,5-6H2,(H,17,18)/t7-/m1/s1. The molecule has 0 unspecified atom stereocenters. The van der Waals surface area contributed by atoms with Crippen molar-refractivity contribution in [3.05, 3.63) is 26.7 Å². The number of piperidine rings is 1. The molecule has 0 spiro atoms. The van der Waals surface area contributed by atoms with E-state index in [-0.39, 0.29) is 11.8 Å². The van der Waals surface area contributed by atoms with Crippen LogP contribution in [0.1, 0.15) is 12.8 Å². The van der Waals surface area contributed by atoms with E-state index in [9.17, 15) is 4.79 Å². The number of anilines is 1. The Labute approximate surface area is 124 Å². The number of hydrogen-bond donors (Lipinski definition) is 2. The summed E-state index contributed by atoms with van der Waals surface area (Å²) in [7, 11) is 0. The van der Waals surface area contributed by atoms with E-state index in [1.54, 1.807) is 12.1 Å². The number of nitrogens with one attached hydrogen (secondary N) is 2. The Kier molecular flexibility index (Phi) is 4.90. The molecule has 1 saturated heterocycles. The molecule has 0 radical (unpaired) electrons. The van der Waals surface area contributed by atoms with Gasteiger partial charge in [0.2, 0.25) is 5.91 Å². The van der Waals surface area contributed by atoms with Crippen LogP contribution >= 0.6 is 39.1 Å². The zero-order valence-electron chi connectivity index (χ0n) is 9.60. The van der Waals surface area contributed by atoms with Crippen molar-refractivity contribution < 1.29 is 4.79 Å². The number of carbonyl (C=O) groups excluding carboxylic acids is 1. The van der Waals surface area contributed by atoms with Crippen molar-refractivity contribution >= 4 is 50.7 Å². The maximum Gasteiger partial charge on any atom is 0.228 e. The van der Waals surface area contributed by atoms with Crippen molar-refractivity contribution in [2.24, 2.45) is 5.92 Å². The zero-order valence-corrected chi connectivity index (χ0v) is 12.7. The van der Waals surface area contributed by atoms with Gasteiger partial charge in [0.05, 0.1) is 21.7 Å². The van der Waals surface area contributed by atoms with Gasteiger partial charge in [-0.25, -0.2) is 0 Å². The first kappa shape index (κ1) is 14.1. The molecule has 0 aliphatic carbocycles. The molecule has 1 aromatic rings. The van der Waals surface area contributed by atoms with Gasteiger partial charge < -0.3 is 10.6 Å². The highest BCUT2D eigenvalue weighted by Gasteiger charge is 2.22. The fourth-order valence-corrected chi connectivity index (χ4v) is 2.75. The molecular weight excluding hydrogens is 339 g/mol. The van der Waals surface area contributed by atoms with Crippen molar-refractivity contribution in [1.82, 2.24) is 5.32 Å². The molecule has 1 fully saturated rings. The Bertz CT molecular complexity index is 462. The maximum absolute atomic E-state index is 12.1. The first-order valence-corrected chi connectivity index (χ1v) is 7.29. The van der Waals surface area contributed by atoms with Crippen molar-refractivity contribution in [2.75, 3.05) is 18.4 Å². The summed E-state index contributed by atoms with van der Waals surface area (Å²) >= 11 is 15.4. The summed E-state index contributed by atoms with van der Waals surface area (Å²) in [6.45, 7) is 1.70. The molecule has 0 saturated carbocycles. The predicted octanol–water partition coefficient (Wildman–Crippen LogP) is 3.69. The highest BCUT2D eigenvalue weighted by molar-refractivity contribution is 9.10. The van der Waals surface area contributed by atoms with Crippen molar-refractivity contribution in [3.63, 3.8) is 0 Å². The topological polar surface area (TPSA) is 41.1 Å². The largest absolute Gasteiger partial charge is 0.324 e. The molecule has 0 aromatic heterocycles. The second kappa shape index (κ2) is 6.24.